The van der Waals surface area contributed by atoms with E-state index in [9.17, 15) is 27.9 Å². The van der Waals surface area contributed by atoms with Crippen molar-refractivity contribution in [1.82, 2.24) is 14.8 Å². The number of aliphatic hydroxyl groups excluding tert-OH is 1. The van der Waals surface area contributed by atoms with Gasteiger partial charge in [-0.3, -0.25) is 14.6 Å². The Morgan fingerprint density at radius 3 is 2.51 bits per heavy atom. The third-order valence-corrected chi connectivity index (χ3v) is 8.51. The number of piperidine rings is 1. The Bertz CT molecular complexity index is 985. The van der Waals surface area contributed by atoms with E-state index in [0.717, 1.165) is 37.9 Å². The molecular weight excluding hydrogens is 463 g/mol. The van der Waals surface area contributed by atoms with Gasteiger partial charge in [0.05, 0.1) is 23.5 Å². The van der Waals surface area contributed by atoms with Gasteiger partial charge in [0.2, 0.25) is 5.91 Å². The van der Waals surface area contributed by atoms with Gasteiger partial charge in [-0.05, 0) is 37.3 Å². The maximum atomic E-state index is 13.8. The molecule has 2 unspecified atom stereocenters. The highest BCUT2D eigenvalue weighted by molar-refractivity contribution is 5.89. The maximum absolute atomic E-state index is 13.8. The van der Waals surface area contributed by atoms with Gasteiger partial charge in [0.15, 0.2) is 0 Å². The minimum atomic E-state index is -4.50. The summed E-state index contributed by atoms with van der Waals surface area (Å²) in [7, 11) is 0. The molecule has 4 heterocycles. The van der Waals surface area contributed by atoms with Crippen LogP contribution in [0.3, 0.4) is 0 Å². The van der Waals surface area contributed by atoms with Crippen molar-refractivity contribution >= 4 is 11.9 Å². The Kier molecular flexibility index (Phi) is 6.32. The molecule has 3 fully saturated rings. The van der Waals surface area contributed by atoms with Crippen LogP contribution in [0.15, 0.2) is 12.3 Å². The molecule has 1 amide bonds. The monoisotopic (exact) mass is 495 g/mol. The number of fused-ring (bicyclic) bond motifs is 1. The molecule has 10 heteroatoms. The van der Waals surface area contributed by atoms with E-state index >= 15 is 0 Å². The number of pyridine rings is 1. The van der Waals surface area contributed by atoms with Gasteiger partial charge in [-0.15, -0.1) is 0 Å². The molecule has 1 spiro atoms. The maximum Gasteiger partial charge on any atom is 0.417 e. The molecular formula is C25H32F3N3O4. The topological polar surface area (TPSA) is 83.0 Å². The van der Waals surface area contributed by atoms with Crippen molar-refractivity contribution in [1.29, 1.82) is 0 Å². The van der Waals surface area contributed by atoms with Crippen LogP contribution in [0.4, 0.5) is 13.2 Å². The lowest BCUT2D eigenvalue weighted by Crippen LogP contribution is -2.55. The summed E-state index contributed by atoms with van der Waals surface area (Å²) >= 11 is 0. The average molecular weight is 496 g/mol. The van der Waals surface area contributed by atoms with E-state index in [-0.39, 0.29) is 24.5 Å². The number of aromatic nitrogens is 1. The standard InChI is InChI=1S/C25H32F3N3O4/c1-15-21(22(33)31-9-6-20-16(14-31)12-17(13-29-20)25(26,27)28)24(35-23(15)34)7-10-30(11-8-24)18-2-4-19(32)5-3-18/h12-13,15,18-19,21,32H,2-11,14H2,1H3/t15?,18-,19+,21?. The molecule has 1 aliphatic carbocycles. The molecule has 1 saturated carbocycles. The lowest BCUT2D eigenvalue weighted by molar-refractivity contribution is -0.159. The molecule has 0 bridgehead atoms. The molecule has 0 radical (unpaired) electrons. The summed E-state index contributed by atoms with van der Waals surface area (Å²) in [6.45, 7) is 3.55. The zero-order valence-corrected chi connectivity index (χ0v) is 19.9. The second-order valence-corrected chi connectivity index (χ2v) is 10.6. The number of rotatable bonds is 2. The fourth-order valence-corrected chi connectivity index (χ4v) is 6.46. The first-order chi connectivity index (χ1) is 16.6. The van der Waals surface area contributed by atoms with Crippen molar-refractivity contribution in [3.05, 3.63) is 29.1 Å². The molecule has 2 saturated heterocycles. The summed E-state index contributed by atoms with van der Waals surface area (Å²) in [5.41, 5.74) is -0.711. The van der Waals surface area contributed by atoms with E-state index in [0.29, 0.717) is 56.2 Å². The van der Waals surface area contributed by atoms with E-state index in [2.05, 4.69) is 9.88 Å². The minimum Gasteiger partial charge on any atom is -0.458 e. The number of carbonyl (C=O) groups excluding carboxylic acids is 2. The summed E-state index contributed by atoms with van der Waals surface area (Å²) in [5, 5.41) is 9.81. The number of likely N-dealkylation sites (tertiary alicyclic amines) is 1. The van der Waals surface area contributed by atoms with Crippen LogP contribution in [0, 0.1) is 11.8 Å². The largest absolute Gasteiger partial charge is 0.458 e. The summed E-state index contributed by atoms with van der Waals surface area (Å²) < 4.78 is 45.5. The predicted molar refractivity (Wildman–Crippen MR) is 119 cm³/mol. The van der Waals surface area contributed by atoms with Crippen LogP contribution in [-0.2, 0) is 33.5 Å². The Morgan fingerprint density at radius 1 is 1.17 bits per heavy atom. The van der Waals surface area contributed by atoms with Crippen molar-refractivity contribution < 1.29 is 32.6 Å². The van der Waals surface area contributed by atoms with Gasteiger partial charge in [0.1, 0.15) is 5.60 Å². The fraction of sp³-hybridized carbons (Fsp3) is 0.720. The van der Waals surface area contributed by atoms with Crippen LogP contribution >= 0.6 is 0 Å². The quantitative estimate of drug-likeness (QED) is 0.636. The molecule has 1 N–H and O–H groups in total. The molecule has 3 aliphatic heterocycles. The number of aliphatic hydroxyl groups is 1. The van der Waals surface area contributed by atoms with Crippen LogP contribution in [0.5, 0.6) is 0 Å². The van der Waals surface area contributed by atoms with Crippen LogP contribution < -0.4 is 0 Å². The first kappa shape index (κ1) is 24.5. The summed E-state index contributed by atoms with van der Waals surface area (Å²) in [4.78, 5) is 34.3. The normalized spacial score (nSPS) is 31.3. The predicted octanol–water partition coefficient (Wildman–Crippen LogP) is 2.93. The Morgan fingerprint density at radius 2 is 1.86 bits per heavy atom. The van der Waals surface area contributed by atoms with Gasteiger partial charge in [-0.2, -0.15) is 13.2 Å². The van der Waals surface area contributed by atoms with Crippen molar-refractivity contribution in [2.45, 2.75) is 82.3 Å². The van der Waals surface area contributed by atoms with Crippen LogP contribution in [0.2, 0.25) is 0 Å². The van der Waals surface area contributed by atoms with E-state index in [4.69, 9.17) is 4.74 Å². The fourth-order valence-electron chi connectivity index (χ4n) is 6.46. The lowest BCUT2D eigenvalue weighted by Gasteiger charge is -2.46. The van der Waals surface area contributed by atoms with Gasteiger partial charge in [-0.25, -0.2) is 0 Å². The van der Waals surface area contributed by atoms with Gasteiger partial charge < -0.3 is 19.6 Å². The van der Waals surface area contributed by atoms with Crippen LogP contribution in [0.1, 0.15) is 62.3 Å². The molecule has 1 aromatic rings. The van der Waals surface area contributed by atoms with Gasteiger partial charge in [0, 0.05) is 63.4 Å². The van der Waals surface area contributed by atoms with Crippen molar-refractivity contribution in [2.24, 2.45) is 11.8 Å². The van der Waals surface area contributed by atoms with Crippen LogP contribution in [-0.4, -0.2) is 69.1 Å². The third kappa shape index (κ3) is 4.55. The van der Waals surface area contributed by atoms with E-state index in [1.807, 2.05) is 0 Å². The zero-order chi connectivity index (χ0) is 25.0. The number of carbonyl (C=O) groups is 2. The molecule has 1 aromatic heterocycles. The summed E-state index contributed by atoms with van der Waals surface area (Å²) in [5.74, 6) is -1.85. The van der Waals surface area contributed by atoms with Crippen molar-refractivity contribution in [3.8, 4) is 0 Å². The number of ether oxygens (including phenoxy) is 1. The minimum absolute atomic E-state index is 0.0507. The zero-order valence-electron chi connectivity index (χ0n) is 19.9. The molecule has 192 valence electrons. The van der Waals surface area contributed by atoms with Gasteiger partial charge in [-0.1, -0.05) is 6.92 Å². The molecule has 7 nitrogen and oxygen atoms in total. The highest BCUT2D eigenvalue weighted by Gasteiger charge is 2.59. The Hall–Kier alpha value is -2.20. The molecule has 2 atom stereocenters. The highest BCUT2D eigenvalue weighted by Crippen LogP contribution is 2.46. The van der Waals surface area contributed by atoms with Crippen LogP contribution in [0.25, 0.3) is 0 Å². The molecule has 0 aromatic carbocycles. The van der Waals surface area contributed by atoms with Gasteiger partial charge in [0.25, 0.3) is 0 Å². The number of hydrogen-bond acceptors (Lipinski definition) is 6. The number of alkyl halides is 3. The summed E-state index contributed by atoms with van der Waals surface area (Å²) in [6, 6.07) is 1.48. The number of hydrogen-bond donors (Lipinski definition) is 1. The SMILES string of the molecule is CC1C(=O)OC2(CCN([C@H]3CC[C@@H](O)CC3)CC2)C1C(=O)N1CCc2ncc(C(F)(F)F)cc2C1. The first-order valence-corrected chi connectivity index (χ1v) is 12.6. The molecule has 35 heavy (non-hydrogen) atoms. The third-order valence-electron chi connectivity index (χ3n) is 8.51. The Balaban J connectivity index is 1.31. The van der Waals surface area contributed by atoms with E-state index in [1.165, 1.54) is 0 Å². The molecule has 4 aliphatic rings. The number of amides is 1. The first-order valence-electron chi connectivity index (χ1n) is 12.6. The smallest absolute Gasteiger partial charge is 0.417 e. The highest BCUT2D eigenvalue weighted by atomic mass is 19.4. The Labute approximate surface area is 202 Å². The van der Waals surface area contributed by atoms with E-state index in [1.54, 1.807) is 11.8 Å². The number of halogens is 3. The van der Waals surface area contributed by atoms with Crippen molar-refractivity contribution in [3.63, 3.8) is 0 Å². The number of esters is 1. The second-order valence-electron chi connectivity index (χ2n) is 10.6. The molecule has 5 rings (SSSR count). The van der Waals surface area contributed by atoms with Crippen molar-refractivity contribution in [2.75, 3.05) is 19.6 Å². The number of nitrogens with zero attached hydrogens (tertiary/aromatic N) is 3. The van der Waals surface area contributed by atoms with E-state index < -0.39 is 29.2 Å². The van der Waals surface area contributed by atoms with Gasteiger partial charge >= 0.3 is 12.1 Å². The average Bonchev–Trinajstić information content (AvgIpc) is 3.07. The second kappa shape index (κ2) is 9.03. The summed E-state index contributed by atoms with van der Waals surface area (Å²) in [6.07, 6.45) is 1.08. The lowest BCUT2D eigenvalue weighted by atomic mass is 9.74.